The maximum Gasteiger partial charge on any atom is 0.279 e. The molecule has 4 rings (SSSR count). The third-order valence-corrected chi connectivity index (χ3v) is 6.84. The van der Waals surface area contributed by atoms with Crippen LogP contribution >= 0.6 is 23.2 Å². The zero-order valence-electron chi connectivity index (χ0n) is 24.8. The number of nitrogens with zero attached hydrogens (tertiary/aromatic N) is 4. The SMILES string of the molecule is COc1ccc(NC(=O)C(N=Nc2ccc(-c3ccc(N=NC(C(=O)Nc4ccccc4)=C(C)O)c(Cl)c3)cc2Cl)=C(C)O)cc1. The smallest absolute Gasteiger partial charge is 0.279 e. The number of ether oxygens (including phenoxy) is 1. The molecule has 11 nitrogen and oxygen atoms in total. The number of benzene rings is 4. The van der Waals surface area contributed by atoms with E-state index in [2.05, 4.69) is 31.1 Å². The Kier molecular flexibility index (Phi) is 11.2. The average molecular weight is 660 g/mol. The molecule has 0 radical (unpaired) electrons. The van der Waals surface area contributed by atoms with Crippen molar-refractivity contribution < 1.29 is 24.5 Å². The minimum absolute atomic E-state index is 0.226. The highest BCUT2D eigenvalue weighted by molar-refractivity contribution is 6.34. The van der Waals surface area contributed by atoms with Crippen LogP contribution in [-0.4, -0.2) is 29.1 Å². The van der Waals surface area contributed by atoms with Crippen molar-refractivity contribution in [2.75, 3.05) is 17.7 Å². The molecule has 0 spiro atoms. The highest BCUT2D eigenvalue weighted by Gasteiger charge is 2.16. The van der Waals surface area contributed by atoms with Crippen molar-refractivity contribution in [1.82, 2.24) is 0 Å². The van der Waals surface area contributed by atoms with Crippen LogP contribution < -0.4 is 15.4 Å². The monoisotopic (exact) mass is 658 g/mol. The molecule has 0 saturated carbocycles. The number of aliphatic hydroxyl groups is 2. The fourth-order valence-corrected chi connectivity index (χ4v) is 4.32. The Morgan fingerprint density at radius 1 is 0.652 bits per heavy atom. The fraction of sp³-hybridized carbons (Fsp3) is 0.0909. The molecular formula is C33H28Cl2N6O5. The Hall–Kier alpha value is -5.52. The highest BCUT2D eigenvalue weighted by Crippen LogP contribution is 2.35. The van der Waals surface area contributed by atoms with E-state index in [9.17, 15) is 19.8 Å². The Bertz CT molecular complexity index is 1870. The third-order valence-electron chi connectivity index (χ3n) is 6.24. The van der Waals surface area contributed by atoms with Crippen molar-refractivity contribution in [2.24, 2.45) is 20.5 Å². The number of carbonyl (C=O) groups excluding carboxylic acids is 2. The average Bonchev–Trinajstić information content (AvgIpc) is 3.03. The summed E-state index contributed by atoms with van der Waals surface area (Å²) in [4.78, 5) is 25.4. The molecule has 0 heterocycles. The lowest BCUT2D eigenvalue weighted by molar-refractivity contribution is -0.113. The molecule has 0 aliphatic heterocycles. The summed E-state index contributed by atoms with van der Waals surface area (Å²) < 4.78 is 5.11. The normalized spacial score (nSPS) is 12.5. The molecule has 0 aromatic heterocycles. The van der Waals surface area contributed by atoms with Gasteiger partial charge < -0.3 is 25.6 Å². The fourth-order valence-electron chi connectivity index (χ4n) is 3.88. The van der Waals surface area contributed by atoms with Gasteiger partial charge in [0.1, 0.15) is 28.6 Å². The Labute approximate surface area is 274 Å². The van der Waals surface area contributed by atoms with E-state index in [1.165, 1.54) is 21.0 Å². The number of anilines is 2. The summed E-state index contributed by atoms with van der Waals surface area (Å²) in [6.45, 7) is 2.65. The van der Waals surface area contributed by atoms with E-state index in [1.807, 2.05) is 6.07 Å². The van der Waals surface area contributed by atoms with Crippen molar-refractivity contribution in [3.05, 3.63) is 124 Å². The van der Waals surface area contributed by atoms with E-state index < -0.39 is 11.8 Å². The van der Waals surface area contributed by atoms with Gasteiger partial charge >= 0.3 is 0 Å². The van der Waals surface area contributed by atoms with E-state index in [-0.39, 0.29) is 44.3 Å². The lowest BCUT2D eigenvalue weighted by Gasteiger charge is -2.08. The minimum atomic E-state index is -0.665. The van der Waals surface area contributed by atoms with Gasteiger partial charge in [0.05, 0.1) is 17.2 Å². The van der Waals surface area contributed by atoms with Crippen LogP contribution in [0.3, 0.4) is 0 Å². The van der Waals surface area contributed by atoms with Crippen molar-refractivity contribution >= 4 is 57.8 Å². The summed E-state index contributed by atoms with van der Waals surface area (Å²) in [5.74, 6) is -1.32. The molecule has 4 aromatic carbocycles. The Morgan fingerprint density at radius 2 is 1.09 bits per heavy atom. The second-order valence-electron chi connectivity index (χ2n) is 9.60. The summed E-state index contributed by atoms with van der Waals surface area (Å²) >= 11 is 12.9. The third kappa shape index (κ3) is 8.78. The van der Waals surface area contributed by atoms with Crippen molar-refractivity contribution in [2.45, 2.75) is 13.8 Å². The first-order chi connectivity index (χ1) is 22.0. The van der Waals surface area contributed by atoms with Gasteiger partial charge in [0, 0.05) is 11.4 Å². The van der Waals surface area contributed by atoms with E-state index in [4.69, 9.17) is 27.9 Å². The molecule has 0 unspecified atom stereocenters. The molecule has 0 bridgehead atoms. The molecule has 46 heavy (non-hydrogen) atoms. The van der Waals surface area contributed by atoms with E-state index in [0.717, 1.165) is 0 Å². The lowest BCUT2D eigenvalue weighted by atomic mass is 10.1. The van der Waals surface area contributed by atoms with Crippen molar-refractivity contribution in [1.29, 1.82) is 0 Å². The molecule has 0 aliphatic rings. The van der Waals surface area contributed by atoms with Gasteiger partial charge in [-0.05, 0) is 85.6 Å². The second-order valence-corrected chi connectivity index (χ2v) is 10.4. The van der Waals surface area contributed by atoms with Gasteiger partial charge in [0.2, 0.25) is 0 Å². The van der Waals surface area contributed by atoms with E-state index >= 15 is 0 Å². The summed E-state index contributed by atoms with van der Waals surface area (Å²) in [6, 6.07) is 25.3. The first kappa shape index (κ1) is 33.4. The molecule has 0 atom stereocenters. The molecule has 0 fully saturated rings. The number of allylic oxidation sites excluding steroid dienone is 2. The molecule has 4 N–H and O–H groups in total. The number of amides is 2. The Balaban J connectivity index is 1.47. The summed E-state index contributed by atoms with van der Waals surface area (Å²) in [7, 11) is 1.53. The molecule has 2 amide bonds. The highest BCUT2D eigenvalue weighted by atomic mass is 35.5. The number of azo groups is 2. The number of aliphatic hydroxyl groups excluding tert-OH is 2. The number of nitrogens with one attached hydrogen (secondary N) is 2. The molecular weight excluding hydrogens is 631 g/mol. The number of carbonyl (C=O) groups is 2. The summed E-state index contributed by atoms with van der Waals surface area (Å²) in [5.41, 5.74) is 2.34. The first-order valence-corrected chi connectivity index (χ1v) is 14.4. The van der Waals surface area contributed by atoms with Gasteiger partial charge in [0.25, 0.3) is 11.8 Å². The number of para-hydroxylation sites is 1. The van der Waals surface area contributed by atoms with E-state index in [1.54, 1.807) is 84.9 Å². The van der Waals surface area contributed by atoms with Gasteiger partial charge in [-0.25, -0.2) is 0 Å². The molecule has 4 aromatic rings. The number of hydrogen-bond donors (Lipinski definition) is 4. The molecule has 13 heteroatoms. The zero-order valence-corrected chi connectivity index (χ0v) is 26.3. The number of halogens is 2. The lowest BCUT2D eigenvalue weighted by Crippen LogP contribution is -2.14. The zero-order chi connectivity index (χ0) is 33.2. The topological polar surface area (TPSA) is 157 Å². The Morgan fingerprint density at radius 3 is 1.48 bits per heavy atom. The van der Waals surface area contributed by atoms with Crippen LogP contribution in [0.1, 0.15) is 13.8 Å². The largest absolute Gasteiger partial charge is 0.510 e. The van der Waals surface area contributed by atoms with Crippen LogP contribution in [0, 0.1) is 0 Å². The predicted octanol–water partition coefficient (Wildman–Crippen LogP) is 9.69. The van der Waals surface area contributed by atoms with E-state index in [0.29, 0.717) is 28.3 Å². The maximum absolute atomic E-state index is 12.7. The maximum atomic E-state index is 12.7. The standard InChI is InChI=1S/C33H28Cl2N6O5/c1-19(42)30(32(44)36-23-7-5-4-6-8-23)40-38-28-15-9-21(17-26(28)34)22-10-16-29(27(35)18-22)39-41-31(20(2)43)33(45)37-24-11-13-25(46-3)14-12-24/h4-18,42-43H,1-3H3,(H,36,44)(H,37,45). The van der Waals surface area contributed by atoms with Gasteiger partial charge in [-0.1, -0.05) is 53.5 Å². The van der Waals surface area contributed by atoms with Crippen LogP contribution in [0.2, 0.25) is 10.0 Å². The quantitative estimate of drug-likeness (QED) is 0.0757. The number of methoxy groups -OCH3 is 1. The van der Waals surface area contributed by atoms with Gasteiger partial charge in [0.15, 0.2) is 11.4 Å². The minimum Gasteiger partial charge on any atom is -0.510 e. The molecule has 234 valence electrons. The first-order valence-electron chi connectivity index (χ1n) is 13.6. The van der Waals surface area contributed by atoms with Gasteiger partial charge in [-0.3, -0.25) is 9.59 Å². The number of hydrogen-bond acceptors (Lipinski definition) is 9. The summed E-state index contributed by atoms with van der Waals surface area (Å²) in [5, 5.41) is 41.8. The van der Waals surface area contributed by atoms with Crippen LogP contribution in [0.15, 0.2) is 134 Å². The van der Waals surface area contributed by atoms with Crippen LogP contribution in [-0.2, 0) is 9.59 Å². The van der Waals surface area contributed by atoms with Crippen LogP contribution in [0.25, 0.3) is 11.1 Å². The molecule has 0 aliphatic carbocycles. The summed E-state index contributed by atoms with van der Waals surface area (Å²) in [6.07, 6.45) is 0. The van der Waals surface area contributed by atoms with Gasteiger partial charge in [-0.2, -0.15) is 0 Å². The van der Waals surface area contributed by atoms with Crippen LogP contribution in [0.5, 0.6) is 5.75 Å². The second kappa shape index (κ2) is 15.5. The van der Waals surface area contributed by atoms with Crippen molar-refractivity contribution in [3.8, 4) is 16.9 Å². The molecule has 0 saturated heterocycles. The van der Waals surface area contributed by atoms with Gasteiger partial charge in [-0.15, -0.1) is 20.5 Å². The van der Waals surface area contributed by atoms with Crippen molar-refractivity contribution in [3.63, 3.8) is 0 Å². The number of rotatable bonds is 10. The predicted molar refractivity (Wildman–Crippen MR) is 178 cm³/mol. The van der Waals surface area contributed by atoms with Crippen LogP contribution in [0.4, 0.5) is 22.7 Å².